The van der Waals surface area contributed by atoms with Crippen molar-refractivity contribution in [2.75, 3.05) is 19.8 Å². The Bertz CT molecular complexity index is 690. The van der Waals surface area contributed by atoms with E-state index in [1.807, 2.05) is 6.92 Å². The zero-order valence-corrected chi connectivity index (χ0v) is 13.6. The summed E-state index contributed by atoms with van der Waals surface area (Å²) >= 11 is 0. The van der Waals surface area contributed by atoms with Crippen LogP contribution in [0.1, 0.15) is 18.1 Å². The number of carbonyl (C=O) groups is 1. The molecule has 1 fully saturated rings. The van der Waals surface area contributed by atoms with Gasteiger partial charge in [-0.05, 0) is 24.6 Å². The van der Waals surface area contributed by atoms with Crippen LogP contribution in [0.5, 0.6) is 0 Å². The number of halogens is 1. The van der Waals surface area contributed by atoms with Gasteiger partial charge in [-0.2, -0.15) is 0 Å². The van der Waals surface area contributed by atoms with Crippen LogP contribution in [0.2, 0.25) is 0 Å². The summed E-state index contributed by atoms with van der Waals surface area (Å²) in [4.78, 5) is 18.0. The molecular formula is C17H21FN4O2. The Morgan fingerprint density at radius 1 is 1.50 bits per heavy atom. The average Bonchev–Trinajstić information content (AvgIpc) is 3.09. The van der Waals surface area contributed by atoms with E-state index < -0.39 is 0 Å². The van der Waals surface area contributed by atoms with Crippen LogP contribution in [0.15, 0.2) is 36.9 Å². The van der Waals surface area contributed by atoms with Crippen molar-refractivity contribution in [2.45, 2.75) is 26.1 Å². The van der Waals surface area contributed by atoms with E-state index in [2.05, 4.69) is 10.3 Å². The van der Waals surface area contributed by atoms with Gasteiger partial charge in [0.25, 0.3) is 0 Å². The van der Waals surface area contributed by atoms with Crippen molar-refractivity contribution in [3.63, 3.8) is 0 Å². The highest BCUT2D eigenvalue weighted by Crippen LogP contribution is 2.13. The van der Waals surface area contributed by atoms with Crippen molar-refractivity contribution >= 4 is 6.03 Å². The van der Waals surface area contributed by atoms with Crippen molar-refractivity contribution in [1.29, 1.82) is 0 Å². The molecule has 1 aliphatic rings. The van der Waals surface area contributed by atoms with E-state index in [-0.39, 0.29) is 17.9 Å². The quantitative estimate of drug-likeness (QED) is 0.932. The Hall–Kier alpha value is -2.41. The number of imidazole rings is 1. The maximum Gasteiger partial charge on any atom is 0.318 e. The van der Waals surface area contributed by atoms with E-state index >= 15 is 0 Å². The monoisotopic (exact) mass is 332 g/mol. The third-order valence-corrected chi connectivity index (χ3v) is 4.09. The molecule has 1 N–H and O–H groups in total. The first-order valence-electron chi connectivity index (χ1n) is 7.99. The molecule has 1 aromatic heterocycles. The van der Waals surface area contributed by atoms with Crippen LogP contribution in [0.4, 0.5) is 9.18 Å². The van der Waals surface area contributed by atoms with Crippen LogP contribution in [0.25, 0.3) is 0 Å². The van der Waals surface area contributed by atoms with Crippen LogP contribution >= 0.6 is 0 Å². The lowest BCUT2D eigenvalue weighted by Gasteiger charge is -2.33. The summed E-state index contributed by atoms with van der Waals surface area (Å²) in [6.45, 7) is 4.43. The Kier molecular flexibility index (Phi) is 5.10. The first-order valence-corrected chi connectivity index (χ1v) is 7.99. The second kappa shape index (κ2) is 7.44. The van der Waals surface area contributed by atoms with Gasteiger partial charge in [-0.1, -0.05) is 6.07 Å². The summed E-state index contributed by atoms with van der Waals surface area (Å²) < 4.78 is 21.1. The Morgan fingerprint density at radius 3 is 3.12 bits per heavy atom. The number of rotatable bonds is 4. The SMILES string of the molecule is CC1COCCN1C(=O)NCc1ccc(F)c(Cn2ccnc2)c1. The summed E-state index contributed by atoms with van der Waals surface area (Å²) in [7, 11) is 0. The maximum absolute atomic E-state index is 14.0. The number of nitrogens with zero attached hydrogens (tertiary/aromatic N) is 3. The van der Waals surface area contributed by atoms with Gasteiger partial charge in [0.05, 0.1) is 32.1 Å². The van der Waals surface area contributed by atoms with Crippen LogP contribution in [0.3, 0.4) is 0 Å². The van der Waals surface area contributed by atoms with Gasteiger partial charge in [0.2, 0.25) is 0 Å². The third-order valence-electron chi connectivity index (χ3n) is 4.09. The van der Waals surface area contributed by atoms with Crippen molar-refractivity contribution in [3.8, 4) is 0 Å². The normalized spacial score (nSPS) is 17.8. The molecule has 0 radical (unpaired) electrons. The minimum Gasteiger partial charge on any atom is -0.377 e. The molecule has 2 aromatic rings. The summed E-state index contributed by atoms with van der Waals surface area (Å²) in [5, 5.41) is 2.89. The molecule has 2 amide bonds. The number of benzene rings is 1. The minimum atomic E-state index is -0.263. The molecule has 1 saturated heterocycles. The van der Waals surface area contributed by atoms with Crippen molar-refractivity contribution in [1.82, 2.24) is 19.8 Å². The summed E-state index contributed by atoms with van der Waals surface area (Å²) in [5.74, 6) is -0.263. The van der Waals surface area contributed by atoms with Gasteiger partial charge < -0.3 is 19.5 Å². The molecule has 0 aliphatic carbocycles. The molecule has 6 nitrogen and oxygen atoms in total. The number of carbonyl (C=O) groups excluding carboxylic acids is 1. The van der Waals surface area contributed by atoms with Crippen molar-refractivity contribution in [3.05, 3.63) is 53.9 Å². The fraction of sp³-hybridized carbons (Fsp3) is 0.412. The number of hydrogen-bond acceptors (Lipinski definition) is 3. The topological polar surface area (TPSA) is 59.4 Å². The number of urea groups is 1. The first kappa shape index (κ1) is 16.4. The maximum atomic E-state index is 14.0. The molecule has 0 saturated carbocycles. The van der Waals surface area contributed by atoms with E-state index in [1.165, 1.54) is 6.07 Å². The highest BCUT2D eigenvalue weighted by atomic mass is 19.1. The Labute approximate surface area is 140 Å². The molecule has 1 atom stereocenters. The molecule has 3 rings (SSSR count). The predicted molar refractivity (Wildman–Crippen MR) is 87.0 cm³/mol. The van der Waals surface area contributed by atoms with Gasteiger partial charge in [-0.3, -0.25) is 0 Å². The Morgan fingerprint density at radius 2 is 2.38 bits per heavy atom. The van der Waals surface area contributed by atoms with E-state index in [0.29, 0.717) is 38.4 Å². The molecule has 1 aromatic carbocycles. The highest BCUT2D eigenvalue weighted by Gasteiger charge is 2.23. The fourth-order valence-electron chi connectivity index (χ4n) is 2.74. The standard InChI is InChI=1S/C17H21FN4O2/c1-13-11-24-7-6-22(13)17(23)20-9-14-2-3-16(18)15(8-14)10-21-5-4-19-12-21/h2-5,8,12-13H,6-7,9-11H2,1H3,(H,20,23). The van der Waals surface area contributed by atoms with Crippen molar-refractivity contribution < 1.29 is 13.9 Å². The number of hydrogen-bond donors (Lipinski definition) is 1. The zero-order chi connectivity index (χ0) is 16.9. The predicted octanol–water partition coefficient (Wildman–Crippen LogP) is 2.00. The largest absolute Gasteiger partial charge is 0.377 e. The van der Waals surface area contributed by atoms with E-state index in [4.69, 9.17) is 4.74 Å². The average molecular weight is 332 g/mol. The summed E-state index contributed by atoms with van der Waals surface area (Å²) in [6.07, 6.45) is 5.09. The van der Waals surface area contributed by atoms with Crippen LogP contribution in [-0.2, 0) is 17.8 Å². The fourth-order valence-corrected chi connectivity index (χ4v) is 2.74. The van der Waals surface area contributed by atoms with Gasteiger partial charge in [-0.15, -0.1) is 0 Å². The number of amides is 2. The second-order valence-corrected chi connectivity index (χ2v) is 5.94. The lowest BCUT2D eigenvalue weighted by atomic mass is 10.1. The van der Waals surface area contributed by atoms with Crippen molar-refractivity contribution in [2.24, 2.45) is 0 Å². The molecule has 128 valence electrons. The van der Waals surface area contributed by atoms with E-state index in [0.717, 1.165) is 5.56 Å². The van der Waals surface area contributed by atoms with Gasteiger partial charge >= 0.3 is 6.03 Å². The smallest absolute Gasteiger partial charge is 0.318 e. The number of nitrogens with one attached hydrogen (secondary N) is 1. The molecule has 1 aliphatic heterocycles. The summed E-state index contributed by atoms with van der Waals surface area (Å²) in [5.41, 5.74) is 1.43. The van der Waals surface area contributed by atoms with E-state index in [1.54, 1.807) is 40.3 Å². The number of morpholine rings is 1. The molecule has 7 heteroatoms. The third kappa shape index (κ3) is 3.91. The summed E-state index contributed by atoms with van der Waals surface area (Å²) in [6, 6.07) is 4.84. The minimum absolute atomic E-state index is 0.0590. The lowest BCUT2D eigenvalue weighted by Crippen LogP contribution is -2.51. The zero-order valence-electron chi connectivity index (χ0n) is 13.6. The molecule has 2 heterocycles. The lowest BCUT2D eigenvalue weighted by molar-refractivity contribution is 0.0190. The van der Waals surface area contributed by atoms with Gasteiger partial charge in [0, 0.05) is 31.0 Å². The van der Waals surface area contributed by atoms with Gasteiger partial charge in [-0.25, -0.2) is 14.2 Å². The molecular weight excluding hydrogens is 311 g/mol. The molecule has 24 heavy (non-hydrogen) atoms. The van der Waals surface area contributed by atoms with Crippen LogP contribution in [0, 0.1) is 5.82 Å². The molecule has 1 unspecified atom stereocenters. The van der Waals surface area contributed by atoms with Crippen LogP contribution < -0.4 is 5.32 Å². The highest BCUT2D eigenvalue weighted by molar-refractivity contribution is 5.74. The van der Waals surface area contributed by atoms with Crippen LogP contribution in [-0.4, -0.2) is 46.3 Å². The van der Waals surface area contributed by atoms with E-state index in [9.17, 15) is 9.18 Å². The molecule has 0 bridgehead atoms. The van der Waals surface area contributed by atoms with Gasteiger partial charge in [0.15, 0.2) is 0 Å². The first-order chi connectivity index (χ1) is 11.6. The number of aromatic nitrogens is 2. The Balaban J connectivity index is 1.61. The second-order valence-electron chi connectivity index (χ2n) is 5.94. The van der Waals surface area contributed by atoms with Gasteiger partial charge in [0.1, 0.15) is 5.82 Å². The number of ether oxygens (including phenoxy) is 1. The molecule has 0 spiro atoms.